The fourth-order valence-corrected chi connectivity index (χ4v) is 3.74. The summed E-state index contributed by atoms with van der Waals surface area (Å²) >= 11 is 1.42. The van der Waals surface area contributed by atoms with E-state index in [9.17, 15) is 4.79 Å². The second kappa shape index (κ2) is 6.07. The summed E-state index contributed by atoms with van der Waals surface area (Å²) in [5.74, 6) is 1.85. The average molecular weight is 357 g/mol. The quantitative estimate of drug-likeness (QED) is 0.701. The van der Waals surface area contributed by atoms with E-state index in [2.05, 4.69) is 24.5 Å². The van der Waals surface area contributed by atoms with Crippen LogP contribution in [0.1, 0.15) is 17.2 Å². The van der Waals surface area contributed by atoms with Crippen LogP contribution in [-0.2, 0) is 6.54 Å². The van der Waals surface area contributed by atoms with Gasteiger partial charge in [0, 0.05) is 42.3 Å². The Hall–Kier alpha value is -2.55. The van der Waals surface area contributed by atoms with Crippen LogP contribution < -0.4 is 10.5 Å². The molecule has 4 rings (SSSR count). The molecule has 9 heteroatoms. The van der Waals surface area contributed by atoms with Crippen LogP contribution in [0.3, 0.4) is 0 Å². The highest BCUT2D eigenvalue weighted by Crippen LogP contribution is 2.26. The first-order chi connectivity index (χ1) is 12.0. The summed E-state index contributed by atoms with van der Waals surface area (Å²) in [5.41, 5.74) is 1.84. The van der Waals surface area contributed by atoms with Crippen LogP contribution in [0.25, 0.3) is 5.82 Å². The minimum atomic E-state index is -0.0875. The highest BCUT2D eigenvalue weighted by atomic mass is 32.1. The van der Waals surface area contributed by atoms with E-state index < -0.39 is 0 Å². The summed E-state index contributed by atoms with van der Waals surface area (Å²) in [6.45, 7) is 8.15. The maximum Gasteiger partial charge on any atom is 0.266 e. The van der Waals surface area contributed by atoms with Crippen LogP contribution in [-0.4, -0.2) is 42.0 Å². The molecule has 1 aliphatic heterocycles. The van der Waals surface area contributed by atoms with E-state index in [4.69, 9.17) is 0 Å². The Morgan fingerprint density at radius 2 is 2.00 bits per heavy atom. The highest BCUT2D eigenvalue weighted by molar-refractivity contribution is 7.09. The molecule has 0 bridgehead atoms. The molecular formula is C16H19N7OS. The van der Waals surface area contributed by atoms with Crippen molar-refractivity contribution in [3.8, 4) is 5.82 Å². The lowest BCUT2D eigenvalue weighted by atomic mass is 10.0. The predicted octanol–water partition coefficient (Wildman–Crippen LogP) is 1.34. The van der Waals surface area contributed by atoms with Gasteiger partial charge in [0.25, 0.3) is 5.56 Å². The zero-order chi connectivity index (χ0) is 17.6. The molecule has 0 radical (unpaired) electrons. The fourth-order valence-electron chi connectivity index (χ4n) is 3.04. The van der Waals surface area contributed by atoms with E-state index in [1.165, 1.54) is 11.5 Å². The van der Waals surface area contributed by atoms with Gasteiger partial charge in [-0.05, 0) is 32.9 Å². The highest BCUT2D eigenvalue weighted by Gasteiger charge is 2.30. The summed E-state index contributed by atoms with van der Waals surface area (Å²) in [5, 5.41) is 9.89. The topological polar surface area (TPSA) is 81.7 Å². The molecule has 1 aliphatic rings. The maximum atomic E-state index is 12.2. The second-order valence-electron chi connectivity index (χ2n) is 6.45. The van der Waals surface area contributed by atoms with Crippen molar-refractivity contribution in [3.05, 3.63) is 45.8 Å². The summed E-state index contributed by atoms with van der Waals surface area (Å²) < 4.78 is 7.52. The van der Waals surface area contributed by atoms with Crippen LogP contribution in [0.4, 0.5) is 5.13 Å². The van der Waals surface area contributed by atoms with Crippen molar-refractivity contribution >= 4 is 16.7 Å². The predicted molar refractivity (Wildman–Crippen MR) is 95.4 cm³/mol. The fraction of sp³-hybridized carbons (Fsp3) is 0.438. The molecule has 0 spiro atoms. The van der Waals surface area contributed by atoms with Crippen LogP contribution in [0.5, 0.6) is 0 Å². The van der Waals surface area contributed by atoms with Gasteiger partial charge < -0.3 is 4.90 Å². The Bertz CT molecular complexity index is 967. The van der Waals surface area contributed by atoms with Crippen molar-refractivity contribution in [1.29, 1.82) is 0 Å². The van der Waals surface area contributed by atoms with Crippen molar-refractivity contribution in [2.45, 2.75) is 27.3 Å². The summed E-state index contributed by atoms with van der Waals surface area (Å²) in [4.78, 5) is 18.7. The number of aromatic nitrogens is 6. The monoisotopic (exact) mass is 357 g/mol. The molecule has 0 unspecified atom stereocenters. The molecule has 4 heterocycles. The minimum absolute atomic E-state index is 0.0875. The van der Waals surface area contributed by atoms with Gasteiger partial charge in [0.15, 0.2) is 5.82 Å². The van der Waals surface area contributed by atoms with E-state index in [1.54, 1.807) is 21.5 Å². The lowest BCUT2D eigenvalue weighted by molar-refractivity contribution is 0.333. The van der Waals surface area contributed by atoms with E-state index in [-0.39, 0.29) is 5.56 Å². The number of rotatable bonds is 4. The molecule has 0 aliphatic carbocycles. The standard InChI is InChI=1S/C16H19N7OS/c1-10-6-11(2)23(18-10)14-4-5-15(24)22(19-14)9-13-7-21(8-13)16-17-12(3)20-25-16/h4-6,13H,7-9H2,1-3H3. The van der Waals surface area contributed by atoms with E-state index >= 15 is 0 Å². The summed E-state index contributed by atoms with van der Waals surface area (Å²) in [7, 11) is 0. The van der Waals surface area contributed by atoms with Crippen molar-refractivity contribution in [2.24, 2.45) is 5.92 Å². The van der Waals surface area contributed by atoms with Gasteiger partial charge in [0.05, 0.1) is 12.2 Å². The van der Waals surface area contributed by atoms with E-state index in [0.29, 0.717) is 18.3 Å². The van der Waals surface area contributed by atoms with Crippen molar-refractivity contribution in [1.82, 2.24) is 28.9 Å². The summed E-state index contributed by atoms with van der Waals surface area (Å²) in [6.07, 6.45) is 0. The van der Waals surface area contributed by atoms with Gasteiger partial charge in [-0.15, -0.1) is 5.10 Å². The largest absolute Gasteiger partial charge is 0.346 e. The molecule has 0 aromatic carbocycles. The molecule has 3 aromatic heterocycles. The van der Waals surface area contributed by atoms with E-state index in [1.807, 2.05) is 26.8 Å². The molecule has 3 aromatic rings. The van der Waals surface area contributed by atoms with Crippen molar-refractivity contribution in [3.63, 3.8) is 0 Å². The molecule has 0 amide bonds. The first-order valence-electron chi connectivity index (χ1n) is 8.16. The first-order valence-corrected chi connectivity index (χ1v) is 8.94. The molecule has 0 N–H and O–H groups in total. The lowest BCUT2D eigenvalue weighted by Gasteiger charge is -2.38. The molecular weight excluding hydrogens is 338 g/mol. The molecule has 130 valence electrons. The van der Waals surface area contributed by atoms with Gasteiger partial charge in [-0.25, -0.2) is 14.3 Å². The number of hydrogen-bond donors (Lipinski definition) is 0. The van der Waals surface area contributed by atoms with Gasteiger partial charge in [0.1, 0.15) is 5.82 Å². The van der Waals surface area contributed by atoms with Gasteiger partial charge in [0.2, 0.25) is 5.13 Å². The number of aryl methyl sites for hydroxylation is 3. The van der Waals surface area contributed by atoms with Gasteiger partial charge in [-0.3, -0.25) is 4.79 Å². The number of hydrogen-bond acceptors (Lipinski definition) is 7. The van der Waals surface area contributed by atoms with Crippen LogP contribution in [0, 0.1) is 26.7 Å². The Morgan fingerprint density at radius 3 is 2.64 bits per heavy atom. The van der Waals surface area contributed by atoms with Crippen LogP contribution in [0.15, 0.2) is 23.0 Å². The van der Waals surface area contributed by atoms with Crippen LogP contribution >= 0.6 is 11.5 Å². The number of nitrogens with zero attached hydrogens (tertiary/aromatic N) is 7. The maximum absolute atomic E-state index is 12.2. The third kappa shape index (κ3) is 3.07. The molecule has 25 heavy (non-hydrogen) atoms. The zero-order valence-electron chi connectivity index (χ0n) is 14.4. The van der Waals surface area contributed by atoms with Gasteiger partial charge in [-0.1, -0.05) is 0 Å². The molecule has 1 saturated heterocycles. The second-order valence-corrected chi connectivity index (χ2v) is 7.18. The number of anilines is 1. The Morgan fingerprint density at radius 1 is 1.20 bits per heavy atom. The van der Waals surface area contributed by atoms with Crippen molar-refractivity contribution < 1.29 is 0 Å². The van der Waals surface area contributed by atoms with Gasteiger partial charge in [-0.2, -0.15) is 9.47 Å². The Kier molecular flexibility index (Phi) is 3.87. The van der Waals surface area contributed by atoms with Gasteiger partial charge >= 0.3 is 0 Å². The first kappa shape index (κ1) is 15.9. The smallest absolute Gasteiger partial charge is 0.266 e. The zero-order valence-corrected chi connectivity index (χ0v) is 15.2. The van der Waals surface area contributed by atoms with Crippen LogP contribution in [0.2, 0.25) is 0 Å². The average Bonchev–Trinajstić information content (AvgIpc) is 3.09. The SMILES string of the molecule is Cc1cc(C)n(-c2ccc(=O)n(CC3CN(c4nc(C)ns4)C3)n2)n1. The molecule has 0 saturated carbocycles. The third-order valence-electron chi connectivity index (χ3n) is 4.25. The Balaban J connectivity index is 1.49. The molecule has 8 nitrogen and oxygen atoms in total. The molecule has 0 atom stereocenters. The molecule has 1 fully saturated rings. The van der Waals surface area contributed by atoms with E-state index in [0.717, 1.165) is 35.4 Å². The Labute approximate surface area is 148 Å². The summed E-state index contributed by atoms with van der Waals surface area (Å²) in [6, 6.07) is 5.27. The van der Waals surface area contributed by atoms with Crippen molar-refractivity contribution in [2.75, 3.05) is 18.0 Å². The normalized spacial score (nSPS) is 14.8. The third-order valence-corrected chi connectivity index (χ3v) is 5.12. The minimum Gasteiger partial charge on any atom is -0.346 e. The lowest BCUT2D eigenvalue weighted by Crippen LogP contribution is -2.49.